The maximum Gasteiger partial charge on any atom is 0.220 e. The summed E-state index contributed by atoms with van der Waals surface area (Å²) < 4.78 is 5.50. The summed E-state index contributed by atoms with van der Waals surface area (Å²) in [5, 5.41) is 9.42. The van der Waals surface area contributed by atoms with Crippen molar-refractivity contribution in [1.82, 2.24) is 0 Å². The Morgan fingerprint density at radius 1 is 1.29 bits per heavy atom. The molecule has 1 aromatic rings. The van der Waals surface area contributed by atoms with Gasteiger partial charge in [0.25, 0.3) is 0 Å². The molecule has 1 saturated carbocycles. The van der Waals surface area contributed by atoms with E-state index in [1.165, 1.54) is 6.42 Å². The lowest BCUT2D eigenvalue weighted by molar-refractivity contribution is 0.305. The lowest BCUT2D eigenvalue weighted by Crippen LogP contribution is -2.58. The molecule has 4 N–H and O–H groups in total. The van der Waals surface area contributed by atoms with Crippen molar-refractivity contribution in [3.05, 3.63) is 23.8 Å². The highest BCUT2D eigenvalue weighted by Gasteiger charge is 2.42. The van der Waals surface area contributed by atoms with E-state index in [2.05, 4.69) is 16.1 Å². The average molecular weight is 326 g/mol. The number of nitriles is 1. The van der Waals surface area contributed by atoms with Crippen LogP contribution in [-0.4, -0.2) is 24.2 Å². The summed E-state index contributed by atoms with van der Waals surface area (Å²) in [7, 11) is 0. The van der Waals surface area contributed by atoms with Crippen molar-refractivity contribution in [2.45, 2.75) is 44.7 Å². The summed E-state index contributed by atoms with van der Waals surface area (Å²) in [6.07, 6.45) is 5.01. The zero-order valence-electron chi connectivity index (χ0n) is 13.8. The lowest BCUT2D eigenvalue weighted by Gasteiger charge is -2.45. The number of hydrogen-bond donors (Lipinski definition) is 2. The number of hydrogen-bond acceptors (Lipinski definition) is 7. The molecule has 0 amide bonds. The minimum Gasteiger partial charge on any atom is -0.492 e. The Hall–Kier alpha value is -2.75. The van der Waals surface area contributed by atoms with Gasteiger partial charge in [-0.05, 0) is 50.8 Å². The van der Waals surface area contributed by atoms with E-state index in [4.69, 9.17) is 16.2 Å². The van der Waals surface area contributed by atoms with Crippen LogP contribution in [0.3, 0.4) is 0 Å². The Kier molecular flexibility index (Phi) is 4.30. The SMILES string of the molecule is CCOc1ccc(N2C(N)=NC(N)=NC23CCCCC3)cc1C#N. The van der Waals surface area contributed by atoms with E-state index in [0.717, 1.165) is 31.4 Å². The highest BCUT2D eigenvalue weighted by Crippen LogP contribution is 2.40. The number of ether oxygens (including phenoxy) is 1. The Balaban J connectivity index is 2.06. The van der Waals surface area contributed by atoms with Crippen LogP contribution in [0.5, 0.6) is 5.75 Å². The van der Waals surface area contributed by atoms with Crippen molar-refractivity contribution in [3.63, 3.8) is 0 Å². The molecule has 1 heterocycles. The van der Waals surface area contributed by atoms with Crippen LogP contribution in [0.4, 0.5) is 5.69 Å². The molecule has 2 aliphatic rings. The monoisotopic (exact) mass is 326 g/mol. The molecule has 0 unspecified atom stereocenters. The highest BCUT2D eigenvalue weighted by molar-refractivity contribution is 6.05. The number of nitrogens with zero attached hydrogens (tertiary/aromatic N) is 4. The molecule has 1 fully saturated rings. The van der Waals surface area contributed by atoms with E-state index in [1.54, 1.807) is 12.1 Å². The van der Waals surface area contributed by atoms with Crippen molar-refractivity contribution in [3.8, 4) is 11.8 Å². The van der Waals surface area contributed by atoms with Gasteiger partial charge in [-0.3, -0.25) is 4.90 Å². The van der Waals surface area contributed by atoms with Gasteiger partial charge < -0.3 is 16.2 Å². The third-order valence-corrected chi connectivity index (χ3v) is 4.49. The number of benzene rings is 1. The first-order valence-corrected chi connectivity index (χ1v) is 8.26. The third-order valence-electron chi connectivity index (χ3n) is 4.49. The first kappa shape index (κ1) is 16.1. The number of aliphatic imine (C=N–C) groups is 2. The Morgan fingerprint density at radius 3 is 2.71 bits per heavy atom. The van der Waals surface area contributed by atoms with Gasteiger partial charge in [0.15, 0.2) is 0 Å². The zero-order valence-corrected chi connectivity index (χ0v) is 13.8. The van der Waals surface area contributed by atoms with Crippen LogP contribution in [0.1, 0.15) is 44.6 Å². The van der Waals surface area contributed by atoms with Gasteiger partial charge in [0.2, 0.25) is 11.9 Å². The van der Waals surface area contributed by atoms with Crippen molar-refractivity contribution in [1.29, 1.82) is 5.26 Å². The molecule has 7 nitrogen and oxygen atoms in total. The largest absolute Gasteiger partial charge is 0.492 e. The zero-order chi connectivity index (χ0) is 17.2. The molecule has 0 atom stereocenters. The minimum atomic E-state index is -0.506. The van der Waals surface area contributed by atoms with E-state index in [0.29, 0.717) is 23.9 Å². The van der Waals surface area contributed by atoms with Crippen molar-refractivity contribution in [2.75, 3.05) is 11.5 Å². The molecule has 126 valence electrons. The number of rotatable bonds is 3. The maximum absolute atomic E-state index is 9.42. The topological polar surface area (TPSA) is 113 Å². The van der Waals surface area contributed by atoms with Gasteiger partial charge in [0.05, 0.1) is 12.2 Å². The summed E-state index contributed by atoms with van der Waals surface area (Å²) in [6, 6.07) is 7.65. The van der Waals surface area contributed by atoms with E-state index in [1.807, 2.05) is 17.9 Å². The summed E-state index contributed by atoms with van der Waals surface area (Å²) >= 11 is 0. The van der Waals surface area contributed by atoms with Gasteiger partial charge >= 0.3 is 0 Å². The summed E-state index contributed by atoms with van der Waals surface area (Å²) in [6.45, 7) is 2.39. The van der Waals surface area contributed by atoms with Crippen LogP contribution in [0.2, 0.25) is 0 Å². The molecule has 0 saturated heterocycles. The highest BCUT2D eigenvalue weighted by atomic mass is 16.5. The maximum atomic E-state index is 9.42. The van der Waals surface area contributed by atoms with Gasteiger partial charge in [0, 0.05) is 5.69 Å². The molecule has 0 radical (unpaired) electrons. The van der Waals surface area contributed by atoms with Crippen molar-refractivity contribution >= 4 is 17.6 Å². The molecule has 0 aromatic heterocycles. The molecule has 24 heavy (non-hydrogen) atoms. The van der Waals surface area contributed by atoms with Crippen LogP contribution >= 0.6 is 0 Å². The Labute approximate surface area is 141 Å². The second kappa shape index (κ2) is 6.40. The van der Waals surface area contributed by atoms with E-state index in [9.17, 15) is 5.26 Å². The minimum absolute atomic E-state index is 0.220. The molecular weight excluding hydrogens is 304 g/mol. The molecule has 0 bridgehead atoms. The molecule has 1 aliphatic heterocycles. The van der Waals surface area contributed by atoms with Crippen molar-refractivity contribution in [2.24, 2.45) is 21.5 Å². The van der Waals surface area contributed by atoms with Crippen LogP contribution in [0.15, 0.2) is 28.2 Å². The lowest BCUT2D eigenvalue weighted by atomic mass is 9.87. The van der Waals surface area contributed by atoms with Gasteiger partial charge in [-0.15, -0.1) is 0 Å². The van der Waals surface area contributed by atoms with Crippen LogP contribution in [0, 0.1) is 11.3 Å². The summed E-state index contributed by atoms with van der Waals surface area (Å²) in [5.41, 5.74) is 12.8. The van der Waals surface area contributed by atoms with Crippen LogP contribution < -0.4 is 21.1 Å². The molecule has 7 heteroatoms. The predicted octanol–water partition coefficient (Wildman–Crippen LogP) is 2.07. The fourth-order valence-corrected chi connectivity index (χ4v) is 3.52. The molecule has 1 spiro atoms. The Morgan fingerprint density at radius 2 is 2.04 bits per heavy atom. The first-order chi connectivity index (χ1) is 11.6. The molecule has 1 aromatic carbocycles. The van der Waals surface area contributed by atoms with E-state index in [-0.39, 0.29) is 5.96 Å². The molecule has 1 aliphatic carbocycles. The number of anilines is 1. The summed E-state index contributed by atoms with van der Waals surface area (Å²) in [4.78, 5) is 10.7. The first-order valence-electron chi connectivity index (χ1n) is 8.26. The summed E-state index contributed by atoms with van der Waals surface area (Å²) in [5.74, 6) is 1.10. The second-order valence-electron chi connectivity index (χ2n) is 6.04. The predicted molar refractivity (Wildman–Crippen MR) is 93.9 cm³/mol. The second-order valence-corrected chi connectivity index (χ2v) is 6.04. The Bertz CT molecular complexity index is 727. The van der Waals surface area contributed by atoms with E-state index >= 15 is 0 Å². The fraction of sp³-hybridized carbons (Fsp3) is 0.471. The molecule has 3 rings (SSSR count). The normalized spacial score (nSPS) is 19.4. The standard InChI is InChI=1S/C17H22N6O/c1-2-24-14-7-6-13(10-12(14)11-18)23-16(20)21-15(19)22-17(23)8-4-3-5-9-17/h6-7,10H,2-5,8-9H2,1H3,(H4,19,20,21,22). The van der Waals surface area contributed by atoms with Gasteiger partial charge in [-0.25, -0.2) is 4.99 Å². The van der Waals surface area contributed by atoms with E-state index < -0.39 is 5.66 Å². The fourth-order valence-electron chi connectivity index (χ4n) is 3.52. The number of nitrogens with two attached hydrogens (primary N) is 2. The average Bonchev–Trinajstić information content (AvgIpc) is 2.56. The van der Waals surface area contributed by atoms with Crippen molar-refractivity contribution < 1.29 is 4.74 Å². The smallest absolute Gasteiger partial charge is 0.220 e. The van der Waals surface area contributed by atoms with Crippen LogP contribution in [0.25, 0.3) is 0 Å². The number of guanidine groups is 2. The third kappa shape index (κ3) is 2.75. The molecular formula is C17H22N6O. The van der Waals surface area contributed by atoms with Gasteiger partial charge in [-0.1, -0.05) is 6.42 Å². The van der Waals surface area contributed by atoms with Gasteiger partial charge in [-0.2, -0.15) is 10.3 Å². The quantitative estimate of drug-likeness (QED) is 0.882. The van der Waals surface area contributed by atoms with Crippen LogP contribution in [-0.2, 0) is 0 Å². The van der Waals surface area contributed by atoms with Gasteiger partial charge in [0.1, 0.15) is 17.5 Å².